The molecule has 2 heterocycles. The number of carbonyl (C=O) groups is 3. The monoisotopic (exact) mass is 455 g/mol. The van der Waals surface area contributed by atoms with Crippen molar-refractivity contribution in [2.45, 2.75) is 70.6 Å². The van der Waals surface area contributed by atoms with Crippen molar-refractivity contribution < 1.29 is 19.1 Å². The summed E-state index contributed by atoms with van der Waals surface area (Å²) in [6.07, 6.45) is 7.52. The number of ether oxygens (including phenoxy) is 1. The van der Waals surface area contributed by atoms with Crippen LogP contribution >= 0.6 is 11.3 Å². The average Bonchev–Trinajstić information content (AvgIpc) is 3.47. The fourth-order valence-electron chi connectivity index (χ4n) is 4.42. The second kappa shape index (κ2) is 10.3. The number of rotatable bonds is 7. The standard InChI is InChI=1S/C24H29N3O4S/c1-17(22(29)27(24-25-13-15-32-24)20-6-3-2-4-7-20)31-23(30)19-11-9-18(10-12-19)16-26-14-5-8-21(26)28/h9-13,15,17,20H,2-8,14,16H2,1H3/t17-/m0/s1. The molecule has 0 radical (unpaired) electrons. The highest BCUT2D eigenvalue weighted by Crippen LogP contribution is 2.29. The minimum atomic E-state index is -0.907. The van der Waals surface area contributed by atoms with E-state index in [4.69, 9.17) is 4.74 Å². The molecule has 2 aromatic rings. The van der Waals surface area contributed by atoms with Crippen LogP contribution in [0.1, 0.15) is 67.8 Å². The molecule has 2 aliphatic rings. The van der Waals surface area contributed by atoms with Gasteiger partial charge in [0.15, 0.2) is 11.2 Å². The van der Waals surface area contributed by atoms with E-state index in [1.165, 1.54) is 17.8 Å². The summed E-state index contributed by atoms with van der Waals surface area (Å²) in [7, 11) is 0. The van der Waals surface area contributed by atoms with Gasteiger partial charge in [-0.15, -0.1) is 11.3 Å². The van der Waals surface area contributed by atoms with Gasteiger partial charge in [0.2, 0.25) is 5.91 Å². The molecule has 1 saturated heterocycles. The first-order valence-electron chi connectivity index (χ1n) is 11.3. The van der Waals surface area contributed by atoms with Gasteiger partial charge in [0.05, 0.1) is 5.56 Å². The minimum Gasteiger partial charge on any atom is -0.449 e. The number of nitrogens with zero attached hydrogens (tertiary/aromatic N) is 3. The summed E-state index contributed by atoms with van der Waals surface area (Å²) < 4.78 is 5.54. The molecule has 32 heavy (non-hydrogen) atoms. The molecule has 2 fully saturated rings. The summed E-state index contributed by atoms with van der Waals surface area (Å²) >= 11 is 1.43. The molecule has 0 bridgehead atoms. The predicted octanol–water partition coefficient (Wildman–Crippen LogP) is 4.18. The molecule has 0 spiro atoms. The van der Waals surface area contributed by atoms with E-state index in [1.54, 1.807) is 30.2 Å². The fraction of sp³-hybridized carbons (Fsp3) is 0.500. The lowest BCUT2D eigenvalue weighted by Gasteiger charge is -2.33. The molecule has 0 unspecified atom stereocenters. The summed E-state index contributed by atoms with van der Waals surface area (Å²) in [5.41, 5.74) is 1.35. The number of benzene rings is 1. The first-order chi connectivity index (χ1) is 15.5. The average molecular weight is 456 g/mol. The van der Waals surface area contributed by atoms with E-state index in [9.17, 15) is 14.4 Å². The highest BCUT2D eigenvalue weighted by molar-refractivity contribution is 7.13. The molecule has 1 aromatic carbocycles. The van der Waals surface area contributed by atoms with Gasteiger partial charge in [0.1, 0.15) is 0 Å². The number of esters is 1. The van der Waals surface area contributed by atoms with Crippen LogP contribution in [0.5, 0.6) is 0 Å². The predicted molar refractivity (Wildman–Crippen MR) is 122 cm³/mol. The van der Waals surface area contributed by atoms with E-state index >= 15 is 0 Å². The first-order valence-corrected chi connectivity index (χ1v) is 12.2. The summed E-state index contributed by atoms with van der Waals surface area (Å²) in [6.45, 7) is 2.95. The number of carbonyl (C=O) groups excluding carboxylic acids is 3. The van der Waals surface area contributed by atoms with Crippen LogP contribution in [0.4, 0.5) is 5.13 Å². The smallest absolute Gasteiger partial charge is 0.338 e. The lowest BCUT2D eigenvalue weighted by molar-refractivity contribution is -0.128. The van der Waals surface area contributed by atoms with Gasteiger partial charge in [-0.2, -0.15) is 0 Å². The molecular weight excluding hydrogens is 426 g/mol. The Labute approximate surface area is 192 Å². The molecule has 4 rings (SSSR count). The number of aromatic nitrogens is 1. The zero-order chi connectivity index (χ0) is 22.5. The van der Waals surface area contributed by atoms with Crippen molar-refractivity contribution in [3.05, 3.63) is 47.0 Å². The molecule has 0 N–H and O–H groups in total. The van der Waals surface area contributed by atoms with Crippen molar-refractivity contribution in [3.63, 3.8) is 0 Å². The van der Waals surface area contributed by atoms with Crippen LogP contribution in [0.15, 0.2) is 35.8 Å². The fourth-order valence-corrected chi connectivity index (χ4v) is 5.13. The summed E-state index contributed by atoms with van der Waals surface area (Å²) in [4.78, 5) is 45.7. The van der Waals surface area contributed by atoms with Crippen LogP contribution in [-0.4, -0.2) is 46.4 Å². The molecule has 170 valence electrons. The van der Waals surface area contributed by atoms with E-state index in [2.05, 4.69) is 4.98 Å². The lowest BCUT2D eigenvalue weighted by atomic mass is 9.94. The minimum absolute atomic E-state index is 0.0936. The van der Waals surface area contributed by atoms with Crippen molar-refractivity contribution in [3.8, 4) is 0 Å². The van der Waals surface area contributed by atoms with E-state index in [1.807, 2.05) is 22.4 Å². The highest BCUT2D eigenvalue weighted by Gasteiger charge is 2.33. The Morgan fingerprint density at radius 1 is 1.19 bits per heavy atom. The summed E-state index contributed by atoms with van der Waals surface area (Å²) in [6, 6.07) is 7.14. The number of hydrogen-bond donors (Lipinski definition) is 0. The van der Waals surface area contributed by atoms with Crippen LogP contribution < -0.4 is 4.90 Å². The number of amides is 2. The normalized spacial score (nSPS) is 17.9. The van der Waals surface area contributed by atoms with Crippen LogP contribution in [0.25, 0.3) is 0 Å². The Morgan fingerprint density at radius 3 is 2.56 bits per heavy atom. The third-order valence-electron chi connectivity index (χ3n) is 6.17. The van der Waals surface area contributed by atoms with Crippen molar-refractivity contribution in [1.82, 2.24) is 9.88 Å². The molecule has 1 aromatic heterocycles. The molecule has 7 nitrogen and oxygen atoms in total. The lowest BCUT2D eigenvalue weighted by Crippen LogP contribution is -2.47. The van der Waals surface area contributed by atoms with Crippen LogP contribution in [0.3, 0.4) is 0 Å². The summed E-state index contributed by atoms with van der Waals surface area (Å²) in [5, 5.41) is 2.51. The topological polar surface area (TPSA) is 79.8 Å². The van der Waals surface area contributed by atoms with Crippen molar-refractivity contribution >= 4 is 34.3 Å². The van der Waals surface area contributed by atoms with E-state index in [0.717, 1.165) is 44.2 Å². The van der Waals surface area contributed by atoms with E-state index in [-0.39, 0.29) is 17.9 Å². The van der Waals surface area contributed by atoms with Crippen LogP contribution in [0.2, 0.25) is 0 Å². The molecule has 1 aliphatic heterocycles. The van der Waals surface area contributed by atoms with Crippen molar-refractivity contribution in [2.75, 3.05) is 11.4 Å². The van der Waals surface area contributed by atoms with E-state index < -0.39 is 12.1 Å². The maximum Gasteiger partial charge on any atom is 0.338 e. The van der Waals surface area contributed by atoms with Gasteiger partial charge < -0.3 is 9.64 Å². The summed E-state index contributed by atoms with van der Waals surface area (Å²) in [5.74, 6) is -0.592. The molecule has 1 atom stereocenters. The Kier molecular flexibility index (Phi) is 7.19. The van der Waals surface area contributed by atoms with E-state index in [0.29, 0.717) is 23.7 Å². The zero-order valence-electron chi connectivity index (χ0n) is 18.4. The Bertz CT molecular complexity index is 939. The van der Waals surface area contributed by atoms with Crippen LogP contribution in [0, 0.1) is 0 Å². The SMILES string of the molecule is C[C@H](OC(=O)c1ccc(CN2CCCC2=O)cc1)C(=O)N(c1nccs1)C1CCCCC1. The quantitative estimate of drug-likeness (QED) is 0.585. The van der Waals surface area contributed by atoms with Crippen molar-refractivity contribution in [2.24, 2.45) is 0 Å². The molecule has 2 amide bonds. The molecule has 1 saturated carbocycles. The van der Waals surface area contributed by atoms with Gasteiger partial charge in [-0.3, -0.25) is 14.5 Å². The molecule has 1 aliphatic carbocycles. The Hall–Kier alpha value is -2.74. The van der Waals surface area contributed by atoms with Crippen molar-refractivity contribution in [1.29, 1.82) is 0 Å². The van der Waals surface area contributed by atoms with Gasteiger partial charge in [0.25, 0.3) is 5.91 Å². The van der Waals surface area contributed by atoms with Gasteiger partial charge in [-0.05, 0) is 43.9 Å². The maximum atomic E-state index is 13.3. The second-order valence-corrected chi connectivity index (χ2v) is 9.35. The third-order valence-corrected chi connectivity index (χ3v) is 6.94. The zero-order valence-corrected chi connectivity index (χ0v) is 19.2. The van der Waals surface area contributed by atoms with Gasteiger partial charge in [-0.25, -0.2) is 9.78 Å². The number of anilines is 1. The molecular formula is C24H29N3O4S. The van der Waals surface area contributed by atoms with Gasteiger partial charge in [0, 0.05) is 37.1 Å². The van der Waals surface area contributed by atoms with Gasteiger partial charge >= 0.3 is 5.97 Å². The Balaban J connectivity index is 1.39. The molecule has 8 heteroatoms. The van der Waals surface area contributed by atoms with Gasteiger partial charge in [-0.1, -0.05) is 31.4 Å². The van der Waals surface area contributed by atoms with Crippen LogP contribution in [-0.2, 0) is 20.9 Å². The third kappa shape index (κ3) is 5.18. The largest absolute Gasteiger partial charge is 0.449 e. The highest BCUT2D eigenvalue weighted by atomic mass is 32.1. The number of thiazole rings is 1. The maximum absolute atomic E-state index is 13.3. The number of hydrogen-bond acceptors (Lipinski definition) is 6. The number of likely N-dealkylation sites (tertiary alicyclic amines) is 1. The second-order valence-electron chi connectivity index (χ2n) is 8.48. The Morgan fingerprint density at radius 2 is 1.94 bits per heavy atom. The first kappa shape index (κ1) is 22.5.